The molecule has 29 heavy (non-hydrogen) atoms. The highest BCUT2D eigenvalue weighted by atomic mass is 79.9. The largest absolute Gasteiger partial charge is 0.274 e. The van der Waals surface area contributed by atoms with Gasteiger partial charge in [-0.3, -0.25) is 19.3 Å². The maximum Gasteiger partial charge on any atom is 0.262 e. The Balaban J connectivity index is 1.49. The maximum atomic E-state index is 13.0. The molecule has 1 atom stereocenters. The molecule has 7 heteroatoms. The summed E-state index contributed by atoms with van der Waals surface area (Å²) in [4.78, 5) is 39.4. The van der Waals surface area contributed by atoms with E-state index in [0.29, 0.717) is 13.0 Å². The highest BCUT2D eigenvalue weighted by molar-refractivity contribution is 9.10. The number of halogens is 1. The van der Waals surface area contributed by atoms with Gasteiger partial charge in [0.25, 0.3) is 5.91 Å². The zero-order valence-electron chi connectivity index (χ0n) is 16.0. The van der Waals surface area contributed by atoms with Crippen LogP contribution in [-0.4, -0.2) is 46.4 Å². The second-order valence-corrected chi connectivity index (χ2v) is 8.40. The van der Waals surface area contributed by atoms with Gasteiger partial charge >= 0.3 is 0 Å². The predicted octanol–water partition coefficient (Wildman–Crippen LogP) is 3.10. The first-order chi connectivity index (χ1) is 13.9. The topological polar surface area (TPSA) is 70.1 Å². The Morgan fingerprint density at radius 2 is 1.79 bits per heavy atom. The van der Waals surface area contributed by atoms with Crippen LogP contribution in [0.3, 0.4) is 0 Å². The first-order valence-electron chi connectivity index (χ1n) is 9.42. The van der Waals surface area contributed by atoms with Gasteiger partial charge < -0.3 is 0 Å². The number of hydrogen-bond donors (Lipinski definition) is 0. The van der Waals surface area contributed by atoms with Crippen molar-refractivity contribution in [2.75, 3.05) is 13.1 Å². The van der Waals surface area contributed by atoms with E-state index in [1.54, 1.807) is 6.92 Å². The monoisotopic (exact) mass is 453 g/mol. The zero-order chi connectivity index (χ0) is 20.6. The number of hydrogen-bond acceptors (Lipinski definition) is 4. The molecule has 0 spiro atoms. The molecule has 3 amide bonds. The Kier molecular flexibility index (Phi) is 5.08. The first kappa shape index (κ1) is 19.5. The number of carbonyl (C=O) groups excluding carboxylic acids is 3. The average Bonchev–Trinajstić information content (AvgIpc) is 3.29. The summed E-state index contributed by atoms with van der Waals surface area (Å²) in [5.41, 5.74) is 1.61. The van der Waals surface area contributed by atoms with Crippen LogP contribution in [0.2, 0.25) is 0 Å². The van der Waals surface area contributed by atoms with Gasteiger partial charge in [0.1, 0.15) is 6.54 Å². The van der Waals surface area contributed by atoms with Crippen LogP contribution in [0.4, 0.5) is 0 Å². The van der Waals surface area contributed by atoms with Crippen LogP contribution in [0.5, 0.6) is 0 Å². The van der Waals surface area contributed by atoms with Gasteiger partial charge in [0.2, 0.25) is 11.8 Å². The molecular formula is C22H20BrN3O3. The van der Waals surface area contributed by atoms with E-state index in [0.717, 1.165) is 26.2 Å². The summed E-state index contributed by atoms with van der Waals surface area (Å²) in [5.74, 6) is -1.03. The lowest BCUT2D eigenvalue weighted by Crippen LogP contribution is -2.42. The molecule has 1 unspecified atom stereocenters. The number of nitrogens with zero attached hydrogens (tertiary/aromatic N) is 3. The fourth-order valence-corrected chi connectivity index (χ4v) is 4.04. The van der Waals surface area contributed by atoms with Gasteiger partial charge in [-0.2, -0.15) is 5.10 Å². The molecule has 6 nitrogen and oxygen atoms in total. The van der Waals surface area contributed by atoms with Crippen molar-refractivity contribution in [3.8, 4) is 0 Å². The van der Waals surface area contributed by atoms with Gasteiger partial charge in [-0.15, -0.1) is 0 Å². The lowest BCUT2D eigenvalue weighted by atomic mass is 9.81. The van der Waals surface area contributed by atoms with Gasteiger partial charge in [-0.25, -0.2) is 5.01 Å². The SMILES string of the molecule is CC1(c2ccc(Br)cc2)CC(=O)N(CC(=O)N2CCC(c3ccccc3)=N2)C1=O. The Labute approximate surface area is 177 Å². The summed E-state index contributed by atoms with van der Waals surface area (Å²) >= 11 is 3.38. The Hall–Kier alpha value is -2.80. The quantitative estimate of drug-likeness (QED) is 0.667. The van der Waals surface area contributed by atoms with Crippen molar-refractivity contribution in [3.63, 3.8) is 0 Å². The van der Waals surface area contributed by atoms with Crippen molar-refractivity contribution < 1.29 is 14.4 Å². The van der Waals surface area contributed by atoms with Crippen molar-refractivity contribution >= 4 is 39.4 Å². The normalized spacial score (nSPS) is 21.7. The molecule has 1 saturated heterocycles. The smallest absolute Gasteiger partial charge is 0.262 e. The summed E-state index contributed by atoms with van der Waals surface area (Å²) in [6.07, 6.45) is 0.702. The molecule has 4 rings (SSSR count). The lowest BCUT2D eigenvalue weighted by Gasteiger charge is -2.23. The van der Waals surface area contributed by atoms with E-state index >= 15 is 0 Å². The molecule has 0 bridgehead atoms. The minimum Gasteiger partial charge on any atom is -0.274 e. The molecule has 1 fully saturated rings. The lowest BCUT2D eigenvalue weighted by molar-refractivity contribution is -0.146. The van der Waals surface area contributed by atoms with E-state index in [9.17, 15) is 14.4 Å². The first-order valence-corrected chi connectivity index (χ1v) is 10.2. The maximum absolute atomic E-state index is 13.0. The third-order valence-electron chi connectivity index (χ3n) is 5.49. The second kappa shape index (κ2) is 7.55. The van der Waals surface area contributed by atoms with Gasteiger partial charge in [-0.1, -0.05) is 58.4 Å². The van der Waals surface area contributed by atoms with Gasteiger partial charge in [0, 0.05) is 17.3 Å². The number of imide groups is 1. The van der Waals surface area contributed by atoms with Crippen molar-refractivity contribution in [1.82, 2.24) is 9.91 Å². The van der Waals surface area contributed by atoms with E-state index in [1.807, 2.05) is 54.6 Å². The average molecular weight is 454 g/mol. The molecule has 0 radical (unpaired) electrons. The summed E-state index contributed by atoms with van der Waals surface area (Å²) in [7, 11) is 0. The molecule has 2 heterocycles. The van der Waals surface area contributed by atoms with Crippen LogP contribution in [0.1, 0.15) is 30.9 Å². The number of carbonyl (C=O) groups is 3. The van der Waals surface area contributed by atoms with Crippen molar-refractivity contribution in [2.24, 2.45) is 5.10 Å². The number of benzene rings is 2. The van der Waals surface area contributed by atoms with E-state index in [1.165, 1.54) is 5.01 Å². The van der Waals surface area contributed by atoms with E-state index in [4.69, 9.17) is 0 Å². The van der Waals surface area contributed by atoms with Crippen LogP contribution < -0.4 is 0 Å². The molecule has 0 saturated carbocycles. The molecule has 2 aliphatic rings. The van der Waals surface area contributed by atoms with Crippen LogP contribution >= 0.6 is 15.9 Å². The minimum absolute atomic E-state index is 0.0548. The molecule has 2 aromatic carbocycles. The van der Waals surface area contributed by atoms with Crippen LogP contribution in [-0.2, 0) is 19.8 Å². The fraction of sp³-hybridized carbons (Fsp3) is 0.273. The summed E-state index contributed by atoms with van der Waals surface area (Å²) in [6.45, 7) is 1.92. The van der Waals surface area contributed by atoms with Crippen molar-refractivity contribution in [1.29, 1.82) is 0 Å². The van der Waals surface area contributed by atoms with Crippen LogP contribution in [0, 0.1) is 0 Å². The molecule has 2 aliphatic heterocycles. The second-order valence-electron chi connectivity index (χ2n) is 7.48. The zero-order valence-corrected chi connectivity index (χ0v) is 17.6. The molecule has 148 valence electrons. The van der Waals surface area contributed by atoms with Gasteiger partial charge in [0.15, 0.2) is 0 Å². The predicted molar refractivity (Wildman–Crippen MR) is 112 cm³/mol. The minimum atomic E-state index is -0.957. The number of hydrazone groups is 1. The Morgan fingerprint density at radius 1 is 1.10 bits per heavy atom. The van der Waals surface area contributed by atoms with Gasteiger partial charge in [0.05, 0.1) is 17.7 Å². The molecular weight excluding hydrogens is 434 g/mol. The van der Waals surface area contributed by atoms with Gasteiger partial charge in [-0.05, 0) is 30.2 Å². The molecule has 2 aromatic rings. The van der Waals surface area contributed by atoms with E-state index in [-0.39, 0.29) is 30.7 Å². The highest BCUT2D eigenvalue weighted by Crippen LogP contribution is 2.36. The van der Waals surface area contributed by atoms with Crippen molar-refractivity contribution in [2.45, 2.75) is 25.2 Å². The molecule has 0 aromatic heterocycles. The summed E-state index contributed by atoms with van der Waals surface area (Å²) in [5, 5.41) is 5.76. The van der Waals surface area contributed by atoms with Crippen LogP contribution in [0.15, 0.2) is 64.2 Å². The summed E-state index contributed by atoms with van der Waals surface area (Å²) in [6, 6.07) is 17.0. The third kappa shape index (κ3) is 3.62. The number of rotatable bonds is 4. The Morgan fingerprint density at radius 3 is 2.48 bits per heavy atom. The Bertz CT molecular complexity index is 1000. The van der Waals surface area contributed by atoms with Crippen LogP contribution in [0.25, 0.3) is 0 Å². The highest BCUT2D eigenvalue weighted by Gasteiger charge is 2.50. The third-order valence-corrected chi connectivity index (χ3v) is 6.02. The number of likely N-dealkylation sites (tertiary alicyclic amines) is 1. The molecule has 0 N–H and O–H groups in total. The summed E-state index contributed by atoms with van der Waals surface area (Å²) < 4.78 is 0.898. The van der Waals surface area contributed by atoms with Crippen molar-refractivity contribution in [3.05, 3.63) is 70.2 Å². The standard InChI is InChI=1S/C22H20BrN3O3/c1-22(16-7-9-17(23)10-8-16)13-19(27)25(21(22)29)14-20(28)26-12-11-18(24-26)15-5-3-2-4-6-15/h2-10H,11-14H2,1H3. The molecule has 0 aliphatic carbocycles. The number of amides is 3. The fourth-order valence-electron chi connectivity index (χ4n) is 3.78. The van der Waals surface area contributed by atoms with E-state index in [2.05, 4.69) is 21.0 Å². The van der Waals surface area contributed by atoms with E-state index < -0.39 is 5.41 Å².